The highest BCUT2D eigenvalue weighted by molar-refractivity contribution is 7.81. The smallest absolute Gasteiger partial charge is 0.175 e. The molecule has 0 saturated heterocycles. The topological polar surface area (TPSA) is 83.8 Å². The SMILES string of the molecule is Cc1cccc(NC(=S)Nc2cnn(Cn3cc(NC(=S)Nc4cccc(C)c4)cn3)c2)c1. The average Bonchev–Trinajstić information content (AvgIpc) is 3.37. The molecule has 10 heteroatoms. The fourth-order valence-corrected chi connectivity index (χ4v) is 3.66. The molecule has 0 spiro atoms. The maximum absolute atomic E-state index is 5.39. The van der Waals surface area contributed by atoms with Crippen LogP contribution in [0.4, 0.5) is 22.7 Å². The van der Waals surface area contributed by atoms with Crippen LogP contribution in [0.1, 0.15) is 11.1 Å². The predicted molar refractivity (Wildman–Crippen MR) is 142 cm³/mol. The van der Waals surface area contributed by atoms with Gasteiger partial charge < -0.3 is 21.3 Å². The largest absolute Gasteiger partial charge is 0.332 e. The monoisotopic (exact) mass is 476 g/mol. The summed E-state index contributed by atoms with van der Waals surface area (Å²) in [7, 11) is 0. The number of hydrogen-bond donors (Lipinski definition) is 4. The van der Waals surface area contributed by atoms with Gasteiger partial charge in [0.05, 0.1) is 36.2 Å². The molecule has 0 atom stereocenters. The summed E-state index contributed by atoms with van der Waals surface area (Å²) in [5, 5.41) is 22.4. The number of benzene rings is 2. The number of nitrogens with one attached hydrogen (secondary N) is 4. The molecular formula is C23H24N8S2. The normalized spacial score (nSPS) is 10.5. The minimum Gasteiger partial charge on any atom is -0.332 e. The molecule has 0 amide bonds. The van der Waals surface area contributed by atoms with Gasteiger partial charge in [0.25, 0.3) is 0 Å². The van der Waals surface area contributed by atoms with E-state index >= 15 is 0 Å². The Morgan fingerprint density at radius 1 is 0.697 bits per heavy atom. The number of rotatable bonds is 6. The summed E-state index contributed by atoms with van der Waals surface area (Å²) in [5.41, 5.74) is 5.77. The minimum atomic E-state index is 0.444. The van der Waals surface area contributed by atoms with Crippen molar-refractivity contribution in [3.8, 4) is 0 Å². The van der Waals surface area contributed by atoms with E-state index in [1.807, 2.05) is 74.8 Å². The summed E-state index contributed by atoms with van der Waals surface area (Å²) in [6.45, 7) is 4.52. The maximum atomic E-state index is 5.39. The zero-order chi connectivity index (χ0) is 23.2. The van der Waals surface area contributed by atoms with E-state index in [4.69, 9.17) is 24.4 Å². The lowest BCUT2D eigenvalue weighted by Gasteiger charge is -2.09. The number of anilines is 4. The highest BCUT2D eigenvalue weighted by Gasteiger charge is 2.06. The summed E-state index contributed by atoms with van der Waals surface area (Å²) < 4.78 is 3.52. The average molecular weight is 477 g/mol. The Bertz CT molecular complexity index is 1180. The summed E-state index contributed by atoms with van der Waals surface area (Å²) in [6.07, 6.45) is 7.16. The molecule has 8 nitrogen and oxygen atoms in total. The zero-order valence-corrected chi connectivity index (χ0v) is 19.9. The van der Waals surface area contributed by atoms with Crippen molar-refractivity contribution in [3.63, 3.8) is 0 Å². The Balaban J connectivity index is 1.28. The highest BCUT2D eigenvalue weighted by Crippen LogP contribution is 2.13. The number of aryl methyl sites for hydroxylation is 2. The Morgan fingerprint density at radius 3 is 1.55 bits per heavy atom. The maximum Gasteiger partial charge on any atom is 0.175 e. The fourth-order valence-electron chi connectivity index (χ4n) is 3.19. The summed E-state index contributed by atoms with van der Waals surface area (Å²) in [5.74, 6) is 0. The molecule has 0 aliphatic carbocycles. The van der Waals surface area contributed by atoms with Crippen LogP contribution in [0.3, 0.4) is 0 Å². The lowest BCUT2D eigenvalue weighted by atomic mass is 10.2. The minimum absolute atomic E-state index is 0.444. The van der Waals surface area contributed by atoms with Gasteiger partial charge in [-0.2, -0.15) is 10.2 Å². The van der Waals surface area contributed by atoms with Crippen molar-refractivity contribution < 1.29 is 0 Å². The summed E-state index contributed by atoms with van der Waals surface area (Å²) in [4.78, 5) is 0. The first kappa shape index (κ1) is 22.4. The lowest BCUT2D eigenvalue weighted by molar-refractivity contribution is 0.503. The first-order chi connectivity index (χ1) is 15.9. The van der Waals surface area contributed by atoms with Gasteiger partial charge in [-0.3, -0.25) is 0 Å². The lowest BCUT2D eigenvalue weighted by Crippen LogP contribution is -2.19. The van der Waals surface area contributed by atoms with Crippen LogP contribution in [0.15, 0.2) is 73.3 Å². The van der Waals surface area contributed by atoms with E-state index in [0.29, 0.717) is 16.9 Å². The van der Waals surface area contributed by atoms with E-state index in [9.17, 15) is 0 Å². The van der Waals surface area contributed by atoms with Crippen molar-refractivity contribution in [2.24, 2.45) is 0 Å². The van der Waals surface area contributed by atoms with Crippen LogP contribution in [-0.2, 0) is 6.67 Å². The van der Waals surface area contributed by atoms with Crippen LogP contribution >= 0.6 is 24.4 Å². The first-order valence-electron chi connectivity index (χ1n) is 10.3. The van der Waals surface area contributed by atoms with E-state index in [1.165, 1.54) is 0 Å². The molecule has 2 aromatic heterocycles. The Hall–Kier alpha value is -3.76. The molecule has 4 aromatic rings. The quantitative estimate of drug-likeness (QED) is 0.295. The van der Waals surface area contributed by atoms with Gasteiger partial charge in [0.2, 0.25) is 0 Å². The van der Waals surface area contributed by atoms with Gasteiger partial charge in [-0.15, -0.1) is 0 Å². The van der Waals surface area contributed by atoms with Crippen molar-refractivity contribution in [3.05, 3.63) is 84.4 Å². The van der Waals surface area contributed by atoms with Crippen molar-refractivity contribution in [1.82, 2.24) is 19.6 Å². The van der Waals surface area contributed by atoms with Crippen LogP contribution in [0.5, 0.6) is 0 Å². The molecule has 0 aliphatic rings. The molecule has 4 N–H and O–H groups in total. The summed E-state index contributed by atoms with van der Waals surface area (Å²) in [6, 6.07) is 16.0. The second kappa shape index (κ2) is 10.2. The molecule has 2 heterocycles. The Labute approximate surface area is 203 Å². The molecule has 0 unspecified atom stereocenters. The van der Waals surface area contributed by atoms with Gasteiger partial charge in [-0.05, 0) is 73.7 Å². The van der Waals surface area contributed by atoms with E-state index in [-0.39, 0.29) is 0 Å². The third kappa shape index (κ3) is 6.61. The van der Waals surface area contributed by atoms with Crippen molar-refractivity contribution in [2.45, 2.75) is 20.5 Å². The zero-order valence-electron chi connectivity index (χ0n) is 18.2. The molecule has 168 valence electrons. The molecule has 0 bridgehead atoms. The molecule has 0 radical (unpaired) electrons. The molecule has 2 aromatic carbocycles. The van der Waals surface area contributed by atoms with Gasteiger partial charge in [-0.1, -0.05) is 24.3 Å². The van der Waals surface area contributed by atoms with Gasteiger partial charge in [0, 0.05) is 11.4 Å². The standard InChI is InChI=1S/C23H24N8S2/c1-16-5-3-7-18(9-16)26-22(32)28-20-11-24-30(13-20)15-31-14-21(12-25-31)29-23(33)27-19-8-4-6-17(2)10-19/h3-14H,15H2,1-2H3,(H2,26,28,32)(H2,27,29,33). The van der Waals surface area contributed by atoms with E-state index < -0.39 is 0 Å². The number of thiocarbonyl (C=S) groups is 2. The van der Waals surface area contributed by atoms with Crippen LogP contribution < -0.4 is 21.3 Å². The number of nitrogens with zero attached hydrogens (tertiary/aromatic N) is 4. The Morgan fingerprint density at radius 2 is 1.12 bits per heavy atom. The van der Waals surface area contributed by atoms with Crippen molar-refractivity contribution in [2.75, 3.05) is 21.3 Å². The number of hydrogen-bond acceptors (Lipinski definition) is 4. The van der Waals surface area contributed by atoms with Crippen LogP contribution in [0.25, 0.3) is 0 Å². The third-order valence-electron chi connectivity index (χ3n) is 4.62. The van der Waals surface area contributed by atoms with Crippen molar-refractivity contribution >= 4 is 57.4 Å². The third-order valence-corrected chi connectivity index (χ3v) is 5.03. The van der Waals surface area contributed by atoms with Gasteiger partial charge in [-0.25, -0.2) is 9.36 Å². The second-order valence-corrected chi connectivity index (χ2v) is 8.39. The van der Waals surface area contributed by atoms with Crippen LogP contribution in [-0.4, -0.2) is 29.8 Å². The van der Waals surface area contributed by atoms with Crippen LogP contribution in [0.2, 0.25) is 0 Å². The molecule has 4 rings (SSSR count). The van der Waals surface area contributed by atoms with E-state index in [2.05, 4.69) is 31.5 Å². The first-order valence-corrected chi connectivity index (χ1v) is 11.1. The molecule has 33 heavy (non-hydrogen) atoms. The van der Waals surface area contributed by atoms with Gasteiger partial charge in [0.15, 0.2) is 10.2 Å². The second-order valence-electron chi connectivity index (χ2n) is 7.58. The molecule has 0 aliphatic heterocycles. The predicted octanol–water partition coefficient (Wildman–Crippen LogP) is 4.82. The molecular weight excluding hydrogens is 452 g/mol. The molecule has 0 fully saturated rings. The highest BCUT2D eigenvalue weighted by atomic mass is 32.1. The molecule has 0 saturated carbocycles. The number of aromatic nitrogens is 4. The van der Waals surface area contributed by atoms with Crippen LogP contribution in [0, 0.1) is 13.8 Å². The van der Waals surface area contributed by atoms with E-state index in [0.717, 1.165) is 33.9 Å². The van der Waals surface area contributed by atoms with Gasteiger partial charge in [0.1, 0.15) is 6.67 Å². The fraction of sp³-hybridized carbons (Fsp3) is 0.130. The van der Waals surface area contributed by atoms with E-state index in [1.54, 1.807) is 21.8 Å². The summed E-state index contributed by atoms with van der Waals surface area (Å²) >= 11 is 10.8. The van der Waals surface area contributed by atoms with Gasteiger partial charge >= 0.3 is 0 Å². The Kier molecular flexibility index (Phi) is 6.96. The van der Waals surface area contributed by atoms with Crippen molar-refractivity contribution in [1.29, 1.82) is 0 Å².